The van der Waals surface area contributed by atoms with E-state index in [1.807, 2.05) is 6.92 Å². The van der Waals surface area contributed by atoms with Crippen LogP contribution < -0.4 is 0 Å². The molecular weight excluding hydrogens is 402 g/mol. The summed E-state index contributed by atoms with van der Waals surface area (Å²) in [6.45, 7) is 3.31. The van der Waals surface area contributed by atoms with Gasteiger partial charge in [0.15, 0.2) is 5.78 Å². The number of amides is 3. The lowest BCUT2D eigenvalue weighted by Gasteiger charge is -2.38. The molecule has 1 aliphatic heterocycles. The van der Waals surface area contributed by atoms with Crippen LogP contribution in [0.5, 0.6) is 0 Å². The molecule has 2 aromatic carbocycles. The number of nitro benzene ring substituents is 1. The van der Waals surface area contributed by atoms with E-state index in [1.54, 1.807) is 24.3 Å². The van der Waals surface area contributed by atoms with Crippen LogP contribution in [-0.2, 0) is 9.59 Å². The van der Waals surface area contributed by atoms with Crippen molar-refractivity contribution >= 4 is 29.2 Å². The maximum Gasteiger partial charge on any atom is 0.273 e. The van der Waals surface area contributed by atoms with Gasteiger partial charge in [0.2, 0.25) is 11.8 Å². The van der Waals surface area contributed by atoms with E-state index < -0.39 is 34.5 Å². The third kappa shape index (κ3) is 4.50. The highest BCUT2D eigenvalue weighted by Gasteiger charge is 2.40. The minimum Gasteiger partial charge on any atom is -0.292 e. The Balaban J connectivity index is 2.01. The van der Waals surface area contributed by atoms with Gasteiger partial charge in [-0.2, -0.15) is 5.01 Å². The molecule has 3 amide bonds. The van der Waals surface area contributed by atoms with Crippen LogP contribution in [-0.4, -0.2) is 44.5 Å². The molecule has 3 rings (SSSR count). The summed E-state index contributed by atoms with van der Waals surface area (Å²) in [4.78, 5) is 61.8. The zero-order valence-corrected chi connectivity index (χ0v) is 17.1. The van der Waals surface area contributed by atoms with Crippen LogP contribution in [0.15, 0.2) is 48.5 Å². The highest BCUT2D eigenvalue weighted by Crippen LogP contribution is 2.23. The Hall–Kier alpha value is -3.88. The van der Waals surface area contributed by atoms with Crippen LogP contribution in [0.1, 0.15) is 52.5 Å². The molecule has 0 aliphatic carbocycles. The van der Waals surface area contributed by atoms with Crippen LogP contribution in [0.4, 0.5) is 5.69 Å². The summed E-state index contributed by atoms with van der Waals surface area (Å²) in [7, 11) is 0. The van der Waals surface area contributed by atoms with E-state index in [0.29, 0.717) is 12.0 Å². The second kappa shape index (κ2) is 8.86. The zero-order chi connectivity index (χ0) is 22.7. The number of piperidine rings is 1. The van der Waals surface area contributed by atoms with E-state index in [4.69, 9.17) is 0 Å². The standard InChI is InChI=1S/C22H21N3O6/c1-14-6-8-16(9-7-14)21(28)15(2)23(24-19(26)4-3-5-20(24)27)22(29)17-10-12-18(13-11-17)25(30)31/h6-13,15H,3-5H2,1-2H3/t15-/m1/s1. The quantitative estimate of drug-likeness (QED) is 0.305. The number of rotatable bonds is 6. The average Bonchev–Trinajstić information content (AvgIpc) is 2.75. The fourth-order valence-corrected chi connectivity index (χ4v) is 3.35. The van der Waals surface area contributed by atoms with E-state index in [9.17, 15) is 29.3 Å². The number of hydrogen-bond donors (Lipinski definition) is 0. The molecule has 1 fully saturated rings. The summed E-state index contributed by atoms with van der Waals surface area (Å²) in [5, 5.41) is 12.5. The average molecular weight is 423 g/mol. The molecule has 9 nitrogen and oxygen atoms in total. The number of hydrazine groups is 1. The number of carbonyl (C=O) groups is 4. The lowest BCUT2D eigenvalue weighted by atomic mass is 10.0. The van der Waals surface area contributed by atoms with Crippen molar-refractivity contribution in [1.82, 2.24) is 10.0 Å². The molecule has 0 unspecified atom stereocenters. The van der Waals surface area contributed by atoms with Gasteiger partial charge < -0.3 is 0 Å². The Morgan fingerprint density at radius 2 is 1.48 bits per heavy atom. The maximum atomic E-state index is 13.3. The Labute approximate surface area is 178 Å². The summed E-state index contributed by atoms with van der Waals surface area (Å²) >= 11 is 0. The predicted octanol–water partition coefficient (Wildman–Crippen LogP) is 3.07. The van der Waals surface area contributed by atoms with Crippen LogP contribution in [0.3, 0.4) is 0 Å². The second-order valence-electron chi connectivity index (χ2n) is 7.31. The molecule has 1 atom stereocenters. The summed E-state index contributed by atoms with van der Waals surface area (Å²) in [6.07, 6.45) is 0.510. The van der Waals surface area contributed by atoms with E-state index in [0.717, 1.165) is 27.7 Å². The number of nitro groups is 1. The van der Waals surface area contributed by atoms with Crippen LogP contribution in [0, 0.1) is 17.0 Å². The first-order valence-electron chi connectivity index (χ1n) is 9.75. The Kier molecular flexibility index (Phi) is 6.24. The number of aryl methyl sites for hydroxylation is 1. The van der Waals surface area contributed by atoms with Crippen LogP contribution in [0.25, 0.3) is 0 Å². The highest BCUT2D eigenvalue weighted by molar-refractivity contribution is 6.07. The number of nitrogens with zero attached hydrogens (tertiary/aromatic N) is 3. The molecule has 1 saturated heterocycles. The molecule has 31 heavy (non-hydrogen) atoms. The van der Waals surface area contributed by atoms with E-state index in [2.05, 4.69) is 0 Å². The van der Waals surface area contributed by atoms with Crippen molar-refractivity contribution in [2.24, 2.45) is 0 Å². The molecule has 0 saturated carbocycles. The van der Waals surface area contributed by atoms with Crippen molar-refractivity contribution in [3.8, 4) is 0 Å². The normalized spacial score (nSPS) is 14.8. The number of Topliss-reactive ketones (excluding diaryl/α,β-unsaturated/α-hetero) is 1. The Bertz CT molecular complexity index is 1030. The number of ketones is 1. The van der Waals surface area contributed by atoms with Crippen molar-refractivity contribution in [2.45, 2.75) is 39.2 Å². The molecule has 0 aromatic heterocycles. The first-order chi connectivity index (χ1) is 14.7. The number of non-ortho nitro benzene ring substituents is 1. The monoisotopic (exact) mass is 423 g/mol. The lowest BCUT2D eigenvalue weighted by Crippen LogP contribution is -2.59. The second-order valence-corrected chi connectivity index (χ2v) is 7.31. The molecule has 1 heterocycles. The largest absolute Gasteiger partial charge is 0.292 e. The summed E-state index contributed by atoms with van der Waals surface area (Å²) < 4.78 is 0. The first-order valence-corrected chi connectivity index (χ1v) is 9.75. The molecule has 0 N–H and O–H groups in total. The number of hydrogen-bond acceptors (Lipinski definition) is 6. The van der Waals surface area contributed by atoms with Crippen molar-refractivity contribution in [3.63, 3.8) is 0 Å². The van der Waals surface area contributed by atoms with Gasteiger partial charge in [-0.25, -0.2) is 5.01 Å². The van der Waals surface area contributed by atoms with Gasteiger partial charge in [0, 0.05) is 36.1 Å². The minimum atomic E-state index is -1.16. The first kappa shape index (κ1) is 21.8. The molecular formula is C22H21N3O6. The van der Waals surface area contributed by atoms with E-state index >= 15 is 0 Å². The third-order valence-corrected chi connectivity index (χ3v) is 5.08. The molecule has 0 bridgehead atoms. The fraction of sp³-hybridized carbons (Fsp3) is 0.273. The van der Waals surface area contributed by atoms with Gasteiger partial charge in [-0.05, 0) is 32.4 Å². The maximum absolute atomic E-state index is 13.3. The Morgan fingerprint density at radius 1 is 0.968 bits per heavy atom. The smallest absolute Gasteiger partial charge is 0.273 e. The molecule has 160 valence electrons. The minimum absolute atomic E-state index is 0.0142. The fourth-order valence-electron chi connectivity index (χ4n) is 3.35. The molecule has 0 spiro atoms. The van der Waals surface area contributed by atoms with Gasteiger partial charge in [0.1, 0.15) is 6.04 Å². The zero-order valence-electron chi connectivity index (χ0n) is 17.1. The van der Waals surface area contributed by atoms with Gasteiger partial charge in [-0.15, -0.1) is 0 Å². The summed E-state index contributed by atoms with van der Waals surface area (Å²) in [5.41, 5.74) is 1.08. The van der Waals surface area contributed by atoms with Crippen molar-refractivity contribution in [3.05, 3.63) is 75.3 Å². The molecule has 9 heteroatoms. The Morgan fingerprint density at radius 3 is 2.00 bits per heavy atom. The van der Waals surface area contributed by atoms with Crippen molar-refractivity contribution in [1.29, 1.82) is 0 Å². The number of benzene rings is 2. The van der Waals surface area contributed by atoms with E-state index in [1.165, 1.54) is 19.1 Å². The molecule has 0 radical (unpaired) electrons. The van der Waals surface area contributed by atoms with Crippen LogP contribution >= 0.6 is 0 Å². The number of carbonyl (C=O) groups excluding carboxylic acids is 4. The van der Waals surface area contributed by atoms with E-state index in [-0.39, 0.29) is 24.1 Å². The molecule has 2 aromatic rings. The predicted molar refractivity (Wildman–Crippen MR) is 110 cm³/mol. The van der Waals surface area contributed by atoms with Gasteiger partial charge in [0.05, 0.1) is 4.92 Å². The van der Waals surface area contributed by atoms with Crippen molar-refractivity contribution in [2.75, 3.05) is 0 Å². The summed E-state index contributed by atoms with van der Waals surface area (Å²) in [6, 6.07) is 10.3. The molecule has 1 aliphatic rings. The lowest BCUT2D eigenvalue weighted by molar-refractivity contribution is -0.384. The SMILES string of the molecule is Cc1ccc(C(=O)[C@@H](C)N(C(=O)c2ccc([N+](=O)[O-])cc2)N2C(=O)CCCC2=O)cc1. The van der Waals surface area contributed by atoms with Gasteiger partial charge in [-0.3, -0.25) is 29.3 Å². The van der Waals surface area contributed by atoms with Gasteiger partial charge in [-0.1, -0.05) is 29.8 Å². The van der Waals surface area contributed by atoms with Crippen molar-refractivity contribution < 1.29 is 24.1 Å². The van der Waals surface area contributed by atoms with Gasteiger partial charge >= 0.3 is 0 Å². The topological polar surface area (TPSA) is 118 Å². The third-order valence-electron chi connectivity index (χ3n) is 5.08. The summed E-state index contributed by atoms with van der Waals surface area (Å²) in [5.74, 6) is -2.36. The van der Waals surface area contributed by atoms with Crippen LogP contribution in [0.2, 0.25) is 0 Å². The number of imide groups is 1. The highest BCUT2D eigenvalue weighted by atomic mass is 16.6. The van der Waals surface area contributed by atoms with Gasteiger partial charge in [0.25, 0.3) is 11.6 Å².